The van der Waals surface area contributed by atoms with E-state index in [9.17, 15) is 8.42 Å². The van der Waals surface area contributed by atoms with Gasteiger partial charge in [0.15, 0.2) is 0 Å². The van der Waals surface area contributed by atoms with E-state index < -0.39 is 10.0 Å². The average Bonchev–Trinajstić information content (AvgIpc) is 2.64. The summed E-state index contributed by atoms with van der Waals surface area (Å²) in [4.78, 5) is 4.11. The molecule has 80 valence electrons. The maximum atomic E-state index is 11.3. The quantitative estimate of drug-likeness (QED) is 0.886. The van der Waals surface area contributed by atoms with Crippen LogP contribution in [0.4, 0.5) is 5.69 Å². The Labute approximate surface area is 99.5 Å². The first-order valence-electron chi connectivity index (χ1n) is 4.00. The van der Waals surface area contributed by atoms with Crippen molar-refractivity contribution in [3.05, 3.63) is 23.7 Å². The first kappa shape index (κ1) is 10.8. The predicted octanol–water partition coefficient (Wildman–Crippen LogP) is 2.39. The molecule has 0 aliphatic heterocycles. The number of halogens is 1. The van der Waals surface area contributed by atoms with Gasteiger partial charge in [0.05, 0.1) is 21.4 Å². The summed E-state index contributed by atoms with van der Waals surface area (Å²) in [7, 11) is -3.27. The van der Waals surface area contributed by atoms with Crippen molar-refractivity contribution >= 4 is 53.2 Å². The van der Waals surface area contributed by atoms with Gasteiger partial charge in [0.1, 0.15) is 4.66 Å². The van der Waals surface area contributed by atoms with E-state index in [-0.39, 0.29) is 4.66 Å². The molecule has 1 aromatic heterocycles. The Morgan fingerprint density at radius 2 is 2.27 bits per heavy atom. The summed E-state index contributed by atoms with van der Waals surface area (Å²) in [5.74, 6) is 0. The molecule has 0 atom stereocenters. The van der Waals surface area contributed by atoms with Gasteiger partial charge in [0, 0.05) is 0 Å². The van der Waals surface area contributed by atoms with E-state index in [1.165, 1.54) is 11.3 Å². The van der Waals surface area contributed by atoms with Crippen LogP contribution in [-0.2, 0) is 10.0 Å². The van der Waals surface area contributed by atoms with Gasteiger partial charge >= 0.3 is 0 Å². The van der Waals surface area contributed by atoms with Crippen molar-refractivity contribution in [1.82, 2.24) is 4.98 Å². The van der Waals surface area contributed by atoms with E-state index in [2.05, 4.69) is 25.6 Å². The third-order valence-corrected chi connectivity index (χ3v) is 5.18. The minimum Gasteiger partial charge on any atom is -0.283 e. The van der Waals surface area contributed by atoms with Crippen LogP contribution in [0.2, 0.25) is 0 Å². The molecule has 0 aliphatic rings. The fourth-order valence-electron chi connectivity index (χ4n) is 1.13. The highest BCUT2D eigenvalue weighted by atomic mass is 79.9. The van der Waals surface area contributed by atoms with Crippen LogP contribution in [-0.4, -0.2) is 18.1 Å². The summed E-state index contributed by atoms with van der Waals surface area (Å²) in [5.41, 5.74) is 3.17. The molecule has 0 unspecified atom stereocenters. The van der Waals surface area contributed by atoms with Gasteiger partial charge in [-0.25, -0.2) is 13.4 Å². The Morgan fingerprint density at radius 1 is 1.47 bits per heavy atom. The minimum atomic E-state index is -3.27. The number of anilines is 1. The second-order valence-corrected chi connectivity index (χ2v) is 6.77. The lowest BCUT2D eigenvalue weighted by atomic mass is 10.3. The van der Waals surface area contributed by atoms with Gasteiger partial charge in [0.25, 0.3) is 0 Å². The standard InChI is InChI=1S/C8H7BrN2O2S2/c9-4-15(12,13)11-6-1-2-7-8(3-6)14-5-10-7/h1-3,5,11H,4H2. The molecule has 4 nitrogen and oxygen atoms in total. The largest absolute Gasteiger partial charge is 0.283 e. The molecule has 0 bridgehead atoms. The minimum absolute atomic E-state index is 0.110. The number of sulfonamides is 1. The zero-order valence-electron chi connectivity index (χ0n) is 7.47. The third kappa shape index (κ3) is 2.47. The van der Waals surface area contributed by atoms with Crippen LogP contribution in [0.25, 0.3) is 10.2 Å². The van der Waals surface area contributed by atoms with E-state index in [4.69, 9.17) is 0 Å². The number of thiazole rings is 1. The Balaban J connectivity index is 2.37. The predicted molar refractivity (Wildman–Crippen MR) is 66.0 cm³/mol. The Hall–Kier alpha value is -0.660. The zero-order valence-corrected chi connectivity index (χ0v) is 10.7. The maximum absolute atomic E-state index is 11.3. The second-order valence-electron chi connectivity index (χ2n) is 2.86. The van der Waals surface area contributed by atoms with Crippen molar-refractivity contribution in [2.45, 2.75) is 0 Å². The normalized spacial score (nSPS) is 11.8. The molecule has 0 amide bonds. The van der Waals surface area contributed by atoms with Gasteiger partial charge in [-0.1, -0.05) is 15.9 Å². The Bertz CT molecular complexity index is 579. The highest BCUT2D eigenvalue weighted by Gasteiger charge is 2.08. The molecule has 2 rings (SSSR count). The van der Waals surface area contributed by atoms with Crippen LogP contribution >= 0.6 is 27.3 Å². The summed E-state index contributed by atoms with van der Waals surface area (Å²) >= 11 is 4.39. The van der Waals surface area contributed by atoms with E-state index >= 15 is 0 Å². The summed E-state index contributed by atoms with van der Waals surface area (Å²) in [6, 6.07) is 5.26. The van der Waals surface area contributed by atoms with Crippen LogP contribution < -0.4 is 4.72 Å². The monoisotopic (exact) mass is 306 g/mol. The fourth-order valence-corrected chi connectivity index (χ4v) is 2.73. The number of nitrogens with one attached hydrogen (secondary N) is 1. The Morgan fingerprint density at radius 3 is 3.00 bits per heavy atom. The summed E-state index contributed by atoms with van der Waals surface area (Å²) in [6.45, 7) is 0. The number of benzene rings is 1. The van der Waals surface area contributed by atoms with E-state index in [0.29, 0.717) is 5.69 Å². The number of nitrogens with zero attached hydrogens (tertiary/aromatic N) is 1. The molecule has 0 saturated carbocycles. The van der Waals surface area contributed by atoms with Crippen molar-refractivity contribution < 1.29 is 8.42 Å². The van der Waals surface area contributed by atoms with E-state index in [1.54, 1.807) is 23.7 Å². The summed E-state index contributed by atoms with van der Waals surface area (Å²) in [6.07, 6.45) is 0. The second kappa shape index (κ2) is 4.07. The molecule has 1 heterocycles. The fraction of sp³-hybridized carbons (Fsp3) is 0.125. The summed E-state index contributed by atoms with van der Waals surface area (Å²) in [5, 5.41) is 0. The van der Waals surface area contributed by atoms with Crippen LogP contribution in [0.3, 0.4) is 0 Å². The topological polar surface area (TPSA) is 59.1 Å². The van der Waals surface area contributed by atoms with Gasteiger partial charge < -0.3 is 0 Å². The molecule has 1 aromatic carbocycles. The molecule has 7 heteroatoms. The van der Waals surface area contributed by atoms with Crippen molar-refractivity contribution in [3.63, 3.8) is 0 Å². The first-order chi connectivity index (χ1) is 7.11. The Kier molecular flexibility index (Phi) is 2.94. The highest BCUT2D eigenvalue weighted by Crippen LogP contribution is 2.22. The number of hydrogen-bond acceptors (Lipinski definition) is 4. The third-order valence-electron chi connectivity index (χ3n) is 1.75. The van der Waals surface area contributed by atoms with Gasteiger partial charge in [-0.3, -0.25) is 4.72 Å². The van der Waals surface area contributed by atoms with Crippen molar-refractivity contribution in [2.75, 3.05) is 9.38 Å². The molecule has 2 aromatic rings. The molecule has 0 radical (unpaired) electrons. The number of fused-ring (bicyclic) bond motifs is 1. The van der Waals surface area contributed by atoms with E-state index in [0.717, 1.165) is 10.2 Å². The van der Waals surface area contributed by atoms with Crippen LogP contribution in [0, 0.1) is 0 Å². The SMILES string of the molecule is O=S(=O)(CBr)Nc1ccc2ncsc2c1. The molecular formula is C8H7BrN2O2S2. The number of hydrogen-bond donors (Lipinski definition) is 1. The van der Waals surface area contributed by atoms with E-state index in [1.807, 2.05) is 0 Å². The number of aromatic nitrogens is 1. The van der Waals surface area contributed by atoms with Crippen LogP contribution in [0.1, 0.15) is 0 Å². The lowest BCUT2D eigenvalue weighted by Gasteiger charge is -2.04. The lowest BCUT2D eigenvalue weighted by molar-refractivity contribution is 0.606. The highest BCUT2D eigenvalue weighted by molar-refractivity contribution is 9.10. The molecule has 15 heavy (non-hydrogen) atoms. The van der Waals surface area contributed by atoms with Crippen LogP contribution in [0.15, 0.2) is 23.7 Å². The number of alkyl halides is 1. The molecule has 0 spiro atoms. The van der Waals surface area contributed by atoms with Gasteiger partial charge in [-0.2, -0.15) is 0 Å². The van der Waals surface area contributed by atoms with Crippen molar-refractivity contribution in [1.29, 1.82) is 0 Å². The lowest BCUT2D eigenvalue weighted by Crippen LogP contribution is -2.12. The van der Waals surface area contributed by atoms with Crippen molar-refractivity contribution in [3.8, 4) is 0 Å². The first-order valence-corrected chi connectivity index (χ1v) is 7.66. The average molecular weight is 307 g/mol. The molecule has 0 saturated heterocycles. The smallest absolute Gasteiger partial charge is 0.242 e. The molecule has 0 fully saturated rings. The van der Waals surface area contributed by atoms with Gasteiger partial charge in [-0.15, -0.1) is 11.3 Å². The molecule has 0 aliphatic carbocycles. The molecular weight excluding hydrogens is 300 g/mol. The van der Waals surface area contributed by atoms with Gasteiger partial charge in [0.2, 0.25) is 10.0 Å². The number of rotatable bonds is 3. The maximum Gasteiger partial charge on any atom is 0.242 e. The van der Waals surface area contributed by atoms with Gasteiger partial charge in [-0.05, 0) is 18.2 Å². The molecule has 1 N–H and O–H groups in total. The summed E-state index contributed by atoms with van der Waals surface area (Å²) < 4.78 is 25.9. The van der Waals surface area contributed by atoms with Crippen molar-refractivity contribution in [2.24, 2.45) is 0 Å². The van der Waals surface area contributed by atoms with Crippen LogP contribution in [0.5, 0.6) is 0 Å². The zero-order chi connectivity index (χ0) is 10.9.